The van der Waals surface area contributed by atoms with Gasteiger partial charge in [-0.05, 0) is 51.4 Å². The van der Waals surface area contributed by atoms with Crippen LogP contribution >= 0.6 is 0 Å². The lowest BCUT2D eigenvalue weighted by Gasteiger charge is -2.46. The first kappa shape index (κ1) is 70.5. The van der Waals surface area contributed by atoms with Gasteiger partial charge in [-0.3, -0.25) is 4.79 Å². The third-order valence-electron chi connectivity index (χ3n) is 14.7. The number of amides is 1. The fraction of sp³-hybridized carbons (Fsp3) is 0.794. The summed E-state index contributed by atoms with van der Waals surface area (Å²) in [6.45, 7) is 2.71. The van der Waals surface area contributed by atoms with Crippen LogP contribution < -0.4 is 5.32 Å². The van der Waals surface area contributed by atoms with Crippen LogP contribution in [0.2, 0.25) is 0 Å². The molecule has 0 aromatic heterocycles. The Labute approximate surface area is 466 Å². The molecule has 12 atom stereocenters. The summed E-state index contributed by atoms with van der Waals surface area (Å²) < 4.78 is 22.8. The summed E-state index contributed by atoms with van der Waals surface area (Å²) in [5.74, 6) is -0.289. The van der Waals surface area contributed by atoms with Crippen LogP contribution in [0.15, 0.2) is 72.9 Å². The van der Waals surface area contributed by atoms with Gasteiger partial charge in [0.15, 0.2) is 12.6 Å². The Morgan fingerprint density at radius 3 is 1.30 bits per heavy atom. The van der Waals surface area contributed by atoms with E-state index in [-0.39, 0.29) is 18.9 Å². The highest BCUT2D eigenvalue weighted by Gasteiger charge is 2.51. The smallest absolute Gasteiger partial charge is 0.220 e. The van der Waals surface area contributed by atoms with Crippen LogP contribution in [0, 0.1) is 0 Å². The van der Waals surface area contributed by atoms with Crippen LogP contribution in [-0.4, -0.2) is 140 Å². The van der Waals surface area contributed by atoms with Gasteiger partial charge in [-0.25, -0.2) is 0 Å². The van der Waals surface area contributed by atoms with Crippen molar-refractivity contribution in [1.82, 2.24) is 5.32 Å². The van der Waals surface area contributed by atoms with Gasteiger partial charge in [-0.15, -0.1) is 0 Å². The summed E-state index contributed by atoms with van der Waals surface area (Å²) in [5.41, 5.74) is 0. The predicted octanol–water partition coefficient (Wildman–Crippen LogP) is 10.7. The average molecular weight is 1090 g/mol. The molecule has 9 N–H and O–H groups in total. The molecule has 14 nitrogen and oxygen atoms in total. The number of carbonyl (C=O) groups is 1. The third-order valence-corrected chi connectivity index (χ3v) is 14.7. The normalized spacial score (nSPS) is 25.2. The van der Waals surface area contributed by atoms with E-state index in [9.17, 15) is 45.6 Å². The van der Waals surface area contributed by atoms with Gasteiger partial charge >= 0.3 is 0 Å². The summed E-state index contributed by atoms with van der Waals surface area (Å²) in [7, 11) is 0. The molecule has 446 valence electrons. The van der Waals surface area contributed by atoms with E-state index < -0.39 is 86.8 Å². The van der Waals surface area contributed by atoms with Gasteiger partial charge in [0.25, 0.3) is 0 Å². The van der Waals surface area contributed by atoms with Crippen LogP contribution in [0.5, 0.6) is 0 Å². The summed E-state index contributed by atoms with van der Waals surface area (Å²) in [4.78, 5) is 13.2. The maximum absolute atomic E-state index is 13.2. The minimum absolute atomic E-state index is 0.176. The maximum Gasteiger partial charge on any atom is 0.220 e. The second kappa shape index (κ2) is 48.2. The molecule has 1 amide bonds. The Balaban J connectivity index is 1.77. The van der Waals surface area contributed by atoms with Crippen LogP contribution in [0.3, 0.4) is 0 Å². The molecule has 0 spiro atoms. The molecule has 14 heteroatoms. The molecule has 2 heterocycles. The summed E-state index contributed by atoms with van der Waals surface area (Å²) in [6, 6.07) is -0.874. The van der Waals surface area contributed by atoms with E-state index in [1.807, 2.05) is 12.2 Å². The lowest BCUT2D eigenvalue weighted by atomic mass is 9.97. The fourth-order valence-corrected chi connectivity index (χ4v) is 9.79. The highest BCUT2D eigenvalue weighted by atomic mass is 16.7. The van der Waals surface area contributed by atoms with Gasteiger partial charge < -0.3 is 65.1 Å². The number of aliphatic hydroxyl groups is 8. The molecule has 2 fully saturated rings. The van der Waals surface area contributed by atoms with Crippen molar-refractivity contribution in [2.24, 2.45) is 0 Å². The number of aliphatic hydroxyl groups excluding tert-OH is 8. The molecule has 0 aromatic rings. The van der Waals surface area contributed by atoms with Gasteiger partial charge in [-0.2, -0.15) is 0 Å². The molecule has 0 saturated carbocycles. The Morgan fingerprint density at radius 2 is 0.870 bits per heavy atom. The predicted molar refractivity (Wildman–Crippen MR) is 309 cm³/mol. The number of carbonyl (C=O) groups excluding carboxylic acids is 1. The molecule has 2 aliphatic rings. The summed E-state index contributed by atoms with van der Waals surface area (Å²) in [5, 5.41) is 87.3. The Bertz CT molecular complexity index is 1570. The minimum atomic E-state index is -1.79. The second-order valence-electron chi connectivity index (χ2n) is 21.5. The highest BCUT2D eigenvalue weighted by molar-refractivity contribution is 5.76. The first-order valence-electron chi connectivity index (χ1n) is 30.7. The second-order valence-corrected chi connectivity index (χ2v) is 21.5. The van der Waals surface area contributed by atoms with Crippen molar-refractivity contribution >= 4 is 5.91 Å². The van der Waals surface area contributed by atoms with Gasteiger partial charge in [0.05, 0.1) is 32.0 Å². The number of nitrogens with one attached hydrogen (secondary N) is 1. The molecule has 2 rings (SSSR count). The number of hydrogen-bond donors (Lipinski definition) is 9. The molecule has 2 aliphatic heterocycles. The largest absolute Gasteiger partial charge is 0.394 e. The molecule has 2 saturated heterocycles. The Kier molecular flexibility index (Phi) is 44.1. The van der Waals surface area contributed by atoms with Gasteiger partial charge in [0, 0.05) is 6.42 Å². The topological polar surface area (TPSA) is 228 Å². The average Bonchev–Trinajstić information content (AvgIpc) is 3.44. The number of unbranched alkanes of at least 4 members (excludes halogenated alkanes) is 23. The lowest BCUT2D eigenvalue weighted by molar-refractivity contribution is -0.359. The van der Waals surface area contributed by atoms with E-state index in [4.69, 9.17) is 18.9 Å². The van der Waals surface area contributed by atoms with Crippen LogP contribution in [0.1, 0.15) is 226 Å². The SMILES string of the molecule is CC/C=C\C/C=C\C/C=C\C/C=C\C/C=C\C/C=C\CCC(=O)NC(COC1OC(CO)C(OC2OC(CO)C(O)C(O)C2O)C(O)C1O)C(O)CCCCCCCCCCCCCCCCCCCCCCCCCC. The maximum atomic E-state index is 13.2. The lowest BCUT2D eigenvalue weighted by Crippen LogP contribution is -2.65. The van der Waals surface area contributed by atoms with Gasteiger partial charge in [-0.1, -0.05) is 241 Å². The van der Waals surface area contributed by atoms with Crippen molar-refractivity contribution in [2.45, 2.75) is 299 Å². The molecular weight excluding hydrogens is 979 g/mol. The Morgan fingerprint density at radius 1 is 0.481 bits per heavy atom. The Hall–Kier alpha value is -2.57. The van der Waals surface area contributed by atoms with E-state index in [0.717, 1.165) is 64.2 Å². The van der Waals surface area contributed by atoms with Crippen molar-refractivity contribution < 1.29 is 64.6 Å². The molecule has 0 bridgehead atoms. The zero-order valence-electron chi connectivity index (χ0n) is 47.9. The zero-order valence-corrected chi connectivity index (χ0v) is 47.9. The monoisotopic (exact) mass is 1090 g/mol. The van der Waals surface area contributed by atoms with Crippen molar-refractivity contribution in [3.63, 3.8) is 0 Å². The van der Waals surface area contributed by atoms with E-state index in [1.165, 1.54) is 128 Å². The first-order valence-corrected chi connectivity index (χ1v) is 30.7. The van der Waals surface area contributed by atoms with Gasteiger partial charge in [0.1, 0.15) is 48.8 Å². The molecular formula is C63H111NO13. The van der Waals surface area contributed by atoms with Crippen LogP contribution in [0.4, 0.5) is 0 Å². The standard InChI is InChI=1S/C63H111NO13/c1-3-5-7-9-11-13-15-17-19-21-23-24-25-26-27-29-30-32-34-36-38-40-42-44-46-52(67)51(64-55(68)47-45-43-41-39-37-35-33-31-28-22-20-18-16-14-12-10-8-6-4-2)50-74-62-60(73)58(71)61(54(49-66)76-62)77-63-59(72)57(70)56(69)53(48-65)75-63/h6,8,12,14,18,20,28,31,35,37,41,43,51-54,56-63,65-67,69-73H,3-5,7,9-11,13,15-17,19,21-27,29-30,32-34,36,38-40,42,44-50H2,1-2H3,(H,64,68)/b8-6-,14-12-,20-18-,31-28-,37-35-,43-41-. The molecule has 77 heavy (non-hydrogen) atoms. The van der Waals surface area contributed by atoms with E-state index in [1.54, 1.807) is 0 Å². The van der Waals surface area contributed by atoms with Crippen LogP contribution in [-0.2, 0) is 23.7 Å². The third kappa shape index (κ3) is 33.7. The van der Waals surface area contributed by atoms with Crippen LogP contribution in [0.25, 0.3) is 0 Å². The van der Waals surface area contributed by atoms with E-state index >= 15 is 0 Å². The molecule has 12 unspecified atom stereocenters. The number of ether oxygens (including phenoxy) is 4. The van der Waals surface area contributed by atoms with E-state index in [2.05, 4.69) is 79.9 Å². The number of hydrogen-bond acceptors (Lipinski definition) is 13. The molecule has 0 aliphatic carbocycles. The number of rotatable bonds is 48. The zero-order chi connectivity index (χ0) is 56.0. The summed E-state index contributed by atoms with van der Waals surface area (Å²) in [6.07, 6.45) is 46.3. The minimum Gasteiger partial charge on any atom is -0.394 e. The quantitative estimate of drug-likeness (QED) is 0.0204. The fourth-order valence-electron chi connectivity index (χ4n) is 9.79. The van der Waals surface area contributed by atoms with Crippen molar-refractivity contribution in [2.75, 3.05) is 19.8 Å². The highest BCUT2D eigenvalue weighted by Crippen LogP contribution is 2.30. The van der Waals surface area contributed by atoms with Gasteiger partial charge in [0.2, 0.25) is 5.91 Å². The van der Waals surface area contributed by atoms with Crippen molar-refractivity contribution in [3.8, 4) is 0 Å². The summed E-state index contributed by atoms with van der Waals surface area (Å²) >= 11 is 0. The van der Waals surface area contributed by atoms with Crippen molar-refractivity contribution in [3.05, 3.63) is 72.9 Å². The van der Waals surface area contributed by atoms with Crippen molar-refractivity contribution in [1.29, 1.82) is 0 Å². The molecule has 0 radical (unpaired) electrons. The molecule has 0 aromatic carbocycles. The van der Waals surface area contributed by atoms with E-state index in [0.29, 0.717) is 12.8 Å². The first-order chi connectivity index (χ1) is 37.6. The number of allylic oxidation sites excluding steroid dienone is 12.